The Hall–Kier alpha value is -3.61. The van der Waals surface area contributed by atoms with Crippen LogP contribution in [0, 0.1) is 12.8 Å². The zero-order valence-corrected chi connectivity index (χ0v) is 19.4. The van der Waals surface area contributed by atoms with Crippen LogP contribution in [-0.4, -0.2) is 28.3 Å². The molecule has 1 heterocycles. The van der Waals surface area contributed by atoms with Gasteiger partial charge in [0.2, 0.25) is 0 Å². The van der Waals surface area contributed by atoms with Gasteiger partial charge in [0.25, 0.3) is 0 Å². The molecule has 0 bridgehead atoms. The van der Waals surface area contributed by atoms with Crippen LogP contribution in [0.15, 0.2) is 59.1 Å². The van der Waals surface area contributed by atoms with Gasteiger partial charge in [-0.1, -0.05) is 35.5 Å². The summed E-state index contributed by atoms with van der Waals surface area (Å²) < 4.78 is 17.2. The quantitative estimate of drug-likeness (QED) is 0.439. The fraction of sp³-hybridized carbons (Fsp3) is 0.370. The first-order valence-corrected chi connectivity index (χ1v) is 11.6. The summed E-state index contributed by atoms with van der Waals surface area (Å²) in [5.41, 5.74) is 3.04. The van der Waals surface area contributed by atoms with Crippen molar-refractivity contribution < 1.29 is 28.7 Å². The van der Waals surface area contributed by atoms with E-state index < -0.39 is 5.97 Å². The van der Waals surface area contributed by atoms with Gasteiger partial charge in [0.05, 0.1) is 24.1 Å². The molecule has 1 N–H and O–H groups in total. The topological polar surface area (TPSA) is 98.9 Å². The number of aromatic nitrogens is 1. The zero-order chi connectivity index (χ0) is 24.1. The maximum Gasteiger partial charge on any atom is 0.311 e. The molecule has 0 spiro atoms. The smallest absolute Gasteiger partial charge is 0.311 e. The highest BCUT2D eigenvalue weighted by Crippen LogP contribution is 2.31. The predicted octanol–water partition coefficient (Wildman–Crippen LogP) is 5.52. The van der Waals surface area contributed by atoms with Gasteiger partial charge in [-0.05, 0) is 69.4 Å². The summed E-state index contributed by atoms with van der Waals surface area (Å²) in [5, 5.41) is 13.3. The summed E-state index contributed by atoms with van der Waals surface area (Å²) in [5.74, 6) is -0.254. The normalized spacial score (nSPS) is 18.8. The number of hydrogen-bond acceptors (Lipinski definition) is 6. The van der Waals surface area contributed by atoms with Gasteiger partial charge in [0, 0.05) is 11.1 Å². The van der Waals surface area contributed by atoms with Gasteiger partial charge in [-0.3, -0.25) is 9.59 Å². The Bertz CT molecular complexity index is 1120. The Labute approximate surface area is 198 Å². The van der Waals surface area contributed by atoms with E-state index in [9.17, 15) is 14.7 Å². The number of carbonyl (C=O) groups excluding carboxylic acids is 1. The molecule has 0 radical (unpaired) electrons. The zero-order valence-electron chi connectivity index (χ0n) is 19.4. The van der Waals surface area contributed by atoms with Gasteiger partial charge in [0.1, 0.15) is 11.9 Å². The van der Waals surface area contributed by atoms with E-state index in [2.05, 4.69) is 5.16 Å². The number of rotatable bonds is 8. The third-order valence-corrected chi connectivity index (χ3v) is 6.28. The highest BCUT2D eigenvalue weighted by molar-refractivity contribution is 5.77. The molecule has 1 aliphatic rings. The molecule has 1 saturated carbocycles. The third-order valence-electron chi connectivity index (χ3n) is 6.28. The summed E-state index contributed by atoms with van der Waals surface area (Å²) >= 11 is 0. The number of aliphatic carboxylic acids is 1. The molecular weight excluding hydrogens is 434 g/mol. The Morgan fingerprint density at radius 1 is 1.12 bits per heavy atom. The van der Waals surface area contributed by atoms with Crippen LogP contribution < -0.4 is 4.74 Å². The molecule has 0 aliphatic heterocycles. The number of hydrogen-bond donors (Lipinski definition) is 1. The second-order valence-corrected chi connectivity index (χ2v) is 8.76. The van der Waals surface area contributed by atoms with Crippen molar-refractivity contribution in [3.05, 3.63) is 71.4 Å². The van der Waals surface area contributed by atoms with E-state index in [1.807, 2.05) is 61.5 Å². The van der Waals surface area contributed by atoms with Crippen molar-refractivity contribution in [2.24, 2.45) is 5.92 Å². The Morgan fingerprint density at radius 3 is 2.56 bits per heavy atom. The number of benzene rings is 2. The number of carboxylic acids is 1. The molecule has 3 aromatic rings. The lowest BCUT2D eigenvalue weighted by molar-refractivity contribution is -0.148. The second kappa shape index (κ2) is 10.5. The van der Waals surface area contributed by atoms with E-state index in [0.29, 0.717) is 35.6 Å². The number of aryl methyl sites for hydroxylation is 1. The van der Waals surface area contributed by atoms with Crippen LogP contribution in [-0.2, 0) is 20.7 Å². The Balaban J connectivity index is 1.41. The molecule has 1 fully saturated rings. The van der Waals surface area contributed by atoms with E-state index in [1.165, 1.54) is 0 Å². The molecule has 1 aromatic heterocycles. The average Bonchev–Trinajstić information content (AvgIpc) is 3.20. The summed E-state index contributed by atoms with van der Waals surface area (Å²) in [6.45, 7) is 3.65. The molecule has 1 aliphatic carbocycles. The highest BCUT2D eigenvalue weighted by Gasteiger charge is 2.28. The van der Waals surface area contributed by atoms with E-state index in [1.54, 1.807) is 6.92 Å². The largest absolute Gasteiger partial charge is 0.490 e. The average molecular weight is 464 g/mol. The van der Waals surface area contributed by atoms with E-state index in [0.717, 1.165) is 24.0 Å². The molecule has 7 heteroatoms. The molecule has 0 saturated heterocycles. The minimum absolute atomic E-state index is 0.0543. The lowest BCUT2D eigenvalue weighted by atomic mass is 9.87. The van der Waals surface area contributed by atoms with Crippen LogP contribution in [0.2, 0.25) is 0 Å². The first-order chi connectivity index (χ1) is 16.4. The van der Waals surface area contributed by atoms with Crippen LogP contribution in [0.5, 0.6) is 5.75 Å². The number of carbonyl (C=O) groups is 2. The molecule has 3 atom stereocenters. The van der Waals surface area contributed by atoms with Crippen LogP contribution in [0.4, 0.5) is 0 Å². The number of carboxylic acid groups (broad SMARTS) is 1. The molecule has 2 aromatic carbocycles. The van der Waals surface area contributed by atoms with Crippen molar-refractivity contribution >= 4 is 11.9 Å². The van der Waals surface area contributed by atoms with Gasteiger partial charge in [-0.15, -0.1) is 0 Å². The van der Waals surface area contributed by atoms with Gasteiger partial charge in [-0.2, -0.15) is 0 Å². The molecule has 0 amide bonds. The summed E-state index contributed by atoms with van der Waals surface area (Å²) in [6, 6.07) is 17.0. The molecule has 4 rings (SSSR count). The first kappa shape index (κ1) is 23.5. The standard InChI is InChI=1S/C27H29NO6/c1-17-24(16-25(29)32-18(2)19-7-4-3-5-8-19)26(34-28-17)20-11-13-22(14-12-20)33-23-10-6-9-21(15-23)27(30)31/h3-5,7-8,11-14,18,21,23H,6,9-10,15-16H2,1-2H3,(H,30,31)/t18-,21-,23+/m1/s1. The van der Waals surface area contributed by atoms with Gasteiger partial charge < -0.3 is 19.1 Å². The molecule has 7 nitrogen and oxygen atoms in total. The van der Waals surface area contributed by atoms with Gasteiger partial charge >= 0.3 is 11.9 Å². The predicted molar refractivity (Wildman–Crippen MR) is 125 cm³/mol. The van der Waals surface area contributed by atoms with Crippen molar-refractivity contribution in [1.82, 2.24) is 5.16 Å². The van der Waals surface area contributed by atoms with Crippen molar-refractivity contribution in [1.29, 1.82) is 0 Å². The maximum atomic E-state index is 12.6. The monoisotopic (exact) mass is 463 g/mol. The van der Waals surface area contributed by atoms with Crippen molar-refractivity contribution in [2.75, 3.05) is 0 Å². The van der Waals surface area contributed by atoms with Gasteiger partial charge in [0.15, 0.2) is 5.76 Å². The molecular formula is C27H29NO6. The summed E-state index contributed by atoms with van der Waals surface area (Å²) in [7, 11) is 0. The van der Waals surface area contributed by atoms with E-state index >= 15 is 0 Å². The summed E-state index contributed by atoms with van der Waals surface area (Å²) in [4.78, 5) is 23.9. The second-order valence-electron chi connectivity index (χ2n) is 8.76. The number of esters is 1. The summed E-state index contributed by atoms with van der Waals surface area (Å²) in [6.07, 6.45) is 2.51. The molecule has 34 heavy (non-hydrogen) atoms. The first-order valence-electron chi connectivity index (χ1n) is 11.6. The lowest BCUT2D eigenvalue weighted by Gasteiger charge is -2.27. The van der Waals surface area contributed by atoms with Crippen molar-refractivity contribution in [3.8, 4) is 17.1 Å². The molecule has 178 valence electrons. The lowest BCUT2D eigenvalue weighted by Crippen LogP contribution is -2.29. The number of ether oxygens (including phenoxy) is 2. The third kappa shape index (κ3) is 5.65. The van der Waals surface area contributed by atoms with Gasteiger partial charge in [-0.25, -0.2) is 0 Å². The van der Waals surface area contributed by atoms with Crippen LogP contribution >= 0.6 is 0 Å². The SMILES string of the molecule is Cc1noc(-c2ccc(O[C@H]3CCC[C@@H](C(=O)O)C3)cc2)c1CC(=O)O[C@H](C)c1ccccc1. The Morgan fingerprint density at radius 2 is 1.85 bits per heavy atom. The minimum Gasteiger partial charge on any atom is -0.490 e. The van der Waals surface area contributed by atoms with E-state index in [-0.39, 0.29) is 30.5 Å². The number of nitrogens with zero attached hydrogens (tertiary/aromatic N) is 1. The van der Waals surface area contributed by atoms with Crippen LogP contribution in [0.1, 0.15) is 55.5 Å². The minimum atomic E-state index is -0.756. The van der Waals surface area contributed by atoms with Crippen LogP contribution in [0.25, 0.3) is 11.3 Å². The Kier molecular flexibility index (Phi) is 7.30. The van der Waals surface area contributed by atoms with E-state index in [4.69, 9.17) is 14.0 Å². The maximum absolute atomic E-state index is 12.6. The van der Waals surface area contributed by atoms with Crippen molar-refractivity contribution in [3.63, 3.8) is 0 Å². The highest BCUT2D eigenvalue weighted by atomic mass is 16.5. The van der Waals surface area contributed by atoms with Crippen LogP contribution in [0.3, 0.4) is 0 Å². The fourth-order valence-electron chi connectivity index (χ4n) is 4.35. The molecule has 0 unspecified atom stereocenters. The fourth-order valence-corrected chi connectivity index (χ4v) is 4.35. The van der Waals surface area contributed by atoms with Crippen molar-refractivity contribution in [2.45, 2.75) is 58.2 Å².